The van der Waals surface area contributed by atoms with Crippen molar-refractivity contribution < 1.29 is 24.5 Å². The normalized spacial score (nSPS) is 12.5. The first kappa shape index (κ1) is 82.6. The number of ether oxygens (including phenoxy) is 1. The van der Waals surface area contributed by atoms with E-state index in [0.717, 1.165) is 38.5 Å². The first-order valence-electron chi connectivity index (χ1n) is 38.9. The molecule has 0 bridgehead atoms. The van der Waals surface area contributed by atoms with Crippen molar-refractivity contribution in [2.45, 2.75) is 463 Å². The number of hydrogen-bond acceptors (Lipinski definition) is 5. The van der Waals surface area contributed by atoms with Crippen molar-refractivity contribution in [3.05, 3.63) is 12.2 Å². The Morgan fingerprint density at radius 3 is 0.845 bits per heavy atom. The summed E-state index contributed by atoms with van der Waals surface area (Å²) in [4.78, 5) is 24.6. The molecule has 0 rings (SSSR count). The smallest absolute Gasteiger partial charge is 0.305 e. The predicted octanol–water partition coefficient (Wildman–Crippen LogP) is 25.5. The van der Waals surface area contributed by atoms with Gasteiger partial charge in [-0.2, -0.15) is 0 Å². The third-order valence-electron chi connectivity index (χ3n) is 18.6. The van der Waals surface area contributed by atoms with Crippen LogP contribution in [0.3, 0.4) is 0 Å². The summed E-state index contributed by atoms with van der Waals surface area (Å²) >= 11 is 0. The van der Waals surface area contributed by atoms with Crippen molar-refractivity contribution in [2.24, 2.45) is 0 Å². The van der Waals surface area contributed by atoms with E-state index in [1.807, 2.05) is 0 Å². The monoisotopic (exact) mass is 1180 g/mol. The van der Waals surface area contributed by atoms with E-state index in [1.54, 1.807) is 0 Å². The Morgan fingerprint density at radius 2 is 0.560 bits per heavy atom. The second-order valence-electron chi connectivity index (χ2n) is 27.0. The highest BCUT2D eigenvalue weighted by molar-refractivity contribution is 5.76. The Hall–Kier alpha value is -1.40. The Bertz CT molecular complexity index is 1270. The summed E-state index contributed by atoms with van der Waals surface area (Å²) in [6.07, 6.45) is 93.2. The van der Waals surface area contributed by atoms with E-state index < -0.39 is 12.1 Å². The van der Waals surface area contributed by atoms with Crippen LogP contribution < -0.4 is 5.32 Å². The zero-order chi connectivity index (χ0) is 60.6. The Labute approximate surface area is 527 Å². The van der Waals surface area contributed by atoms with Crippen LogP contribution in [0, 0.1) is 0 Å². The zero-order valence-corrected chi connectivity index (χ0v) is 57.4. The molecule has 0 aromatic heterocycles. The summed E-state index contributed by atoms with van der Waals surface area (Å²) in [6.45, 7) is 4.99. The average molecular weight is 1190 g/mol. The van der Waals surface area contributed by atoms with Crippen molar-refractivity contribution >= 4 is 11.9 Å². The van der Waals surface area contributed by atoms with E-state index in [4.69, 9.17) is 4.74 Å². The number of amides is 1. The third kappa shape index (κ3) is 69.7. The molecular formula is C78H153NO5. The molecule has 0 radical (unpaired) electrons. The number of nitrogens with one attached hydrogen (secondary N) is 1. The van der Waals surface area contributed by atoms with E-state index in [9.17, 15) is 19.8 Å². The molecule has 3 N–H and O–H groups in total. The molecule has 6 nitrogen and oxygen atoms in total. The predicted molar refractivity (Wildman–Crippen MR) is 370 cm³/mol. The van der Waals surface area contributed by atoms with E-state index in [2.05, 4.69) is 31.3 Å². The minimum atomic E-state index is -0.659. The third-order valence-corrected chi connectivity index (χ3v) is 18.6. The van der Waals surface area contributed by atoms with Crippen LogP contribution in [0.25, 0.3) is 0 Å². The number of hydrogen-bond donors (Lipinski definition) is 3. The summed E-state index contributed by atoms with van der Waals surface area (Å²) in [5, 5.41) is 23.2. The Kier molecular flexibility index (Phi) is 72.8. The maximum atomic E-state index is 12.5. The lowest BCUT2D eigenvalue weighted by molar-refractivity contribution is -0.143. The van der Waals surface area contributed by atoms with Gasteiger partial charge in [-0.05, 0) is 51.4 Å². The van der Waals surface area contributed by atoms with E-state index in [0.29, 0.717) is 25.9 Å². The average Bonchev–Trinajstić information content (AvgIpc) is 3.53. The lowest BCUT2D eigenvalue weighted by atomic mass is 10.0. The van der Waals surface area contributed by atoms with Crippen LogP contribution in [0.1, 0.15) is 450 Å². The van der Waals surface area contributed by atoms with Gasteiger partial charge < -0.3 is 20.3 Å². The van der Waals surface area contributed by atoms with Crippen molar-refractivity contribution in [1.82, 2.24) is 5.32 Å². The van der Waals surface area contributed by atoms with Gasteiger partial charge in [0.1, 0.15) is 0 Å². The van der Waals surface area contributed by atoms with Gasteiger partial charge in [0.2, 0.25) is 5.91 Å². The first-order valence-corrected chi connectivity index (χ1v) is 38.9. The minimum Gasteiger partial charge on any atom is -0.466 e. The molecule has 0 saturated carbocycles. The number of aliphatic hydroxyl groups excluding tert-OH is 2. The molecule has 0 spiro atoms. The van der Waals surface area contributed by atoms with E-state index in [-0.39, 0.29) is 18.5 Å². The van der Waals surface area contributed by atoms with Crippen LogP contribution in [0.5, 0.6) is 0 Å². The molecule has 2 atom stereocenters. The molecule has 84 heavy (non-hydrogen) atoms. The lowest BCUT2D eigenvalue weighted by Gasteiger charge is -2.22. The summed E-state index contributed by atoms with van der Waals surface area (Å²) < 4.78 is 5.52. The molecule has 1 amide bonds. The molecule has 0 fully saturated rings. The number of esters is 1. The molecular weight excluding hydrogens is 1030 g/mol. The number of carbonyl (C=O) groups is 2. The highest BCUT2D eigenvalue weighted by Crippen LogP contribution is 2.20. The van der Waals surface area contributed by atoms with Crippen LogP contribution in [-0.2, 0) is 14.3 Å². The van der Waals surface area contributed by atoms with Gasteiger partial charge >= 0.3 is 5.97 Å². The van der Waals surface area contributed by atoms with Crippen LogP contribution >= 0.6 is 0 Å². The van der Waals surface area contributed by atoms with Crippen LogP contribution in [0.2, 0.25) is 0 Å². The van der Waals surface area contributed by atoms with Gasteiger partial charge in [0.05, 0.1) is 25.4 Å². The van der Waals surface area contributed by atoms with Gasteiger partial charge in [-0.25, -0.2) is 0 Å². The minimum absolute atomic E-state index is 0.0275. The van der Waals surface area contributed by atoms with Crippen molar-refractivity contribution in [3.8, 4) is 0 Å². The lowest BCUT2D eigenvalue weighted by Crippen LogP contribution is -2.45. The molecule has 0 aliphatic carbocycles. The standard InChI is InChI=1S/C78H153NO5/c1-3-5-7-9-11-13-15-16-17-41-45-48-52-56-60-64-68-72-78(83)84-73-69-65-61-57-53-49-46-43-40-38-36-34-32-30-28-26-24-22-20-18-19-21-23-25-27-29-31-33-35-37-39-42-44-47-51-55-59-63-67-71-77(82)79-75(74-80)76(81)70-66-62-58-54-50-14-12-10-8-6-4-2/h18-19,75-76,80-81H,3-17,20-74H2,1-2H3,(H,79,82)/b19-18-. The summed E-state index contributed by atoms with van der Waals surface area (Å²) in [7, 11) is 0. The van der Waals surface area contributed by atoms with Crippen molar-refractivity contribution in [2.75, 3.05) is 13.2 Å². The first-order chi connectivity index (χ1) is 41.5. The maximum Gasteiger partial charge on any atom is 0.305 e. The second-order valence-corrected chi connectivity index (χ2v) is 27.0. The highest BCUT2D eigenvalue weighted by atomic mass is 16.5. The van der Waals surface area contributed by atoms with E-state index in [1.165, 1.54) is 379 Å². The quantitative estimate of drug-likeness (QED) is 0.0320. The molecule has 0 heterocycles. The number of aliphatic hydroxyl groups is 2. The fraction of sp³-hybridized carbons (Fsp3) is 0.949. The fourth-order valence-electron chi connectivity index (χ4n) is 12.6. The maximum absolute atomic E-state index is 12.5. The molecule has 0 aromatic rings. The summed E-state index contributed by atoms with van der Waals surface area (Å²) in [5.74, 6) is -0.00149. The van der Waals surface area contributed by atoms with Gasteiger partial charge in [0.15, 0.2) is 0 Å². The van der Waals surface area contributed by atoms with E-state index >= 15 is 0 Å². The number of unbranched alkanes of at least 4 members (excludes halogenated alkanes) is 61. The molecule has 500 valence electrons. The second kappa shape index (κ2) is 74.1. The van der Waals surface area contributed by atoms with Gasteiger partial charge in [-0.3, -0.25) is 9.59 Å². The molecule has 0 aliphatic rings. The molecule has 6 heteroatoms. The summed E-state index contributed by atoms with van der Waals surface area (Å²) in [5.41, 5.74) is 0. The molecule has 0 aliphatic heterocycles. The number of rotatable bonds is 74. The number of allylic oxidation sites excluding steroid dienone is 2. The van der Waals surface area contributed by atoms with Gasteiger partial charge in [-0.15, -0.1) is 0 Å². The molecule has 2 unspecified atom stereocenters. The van der Waals surface area contributed by atoms with Crippen molar-refractivity contribution in [1.29, 1.82) is 0 Å². The fourth-order valence-corrected chi connectivity index (χ4v) is 12.6. The van der Waals surface area contributed by atoms with Crippen LogP contribution in [0.15, 0.2) is 12.2 Å². The molecule has 0 saturated heterocycles. The topological polar surface area (TPSA) is 95.9 Å². The highest BCUT2D eigenvalue weighted by Gasteiger charge is 2.20. The van der Waals surface area contributed by atoms with Crippen LogP contribution in [0.4, 0.5) is 0 Å². The zero-order valence-electron chi connectivity index (χ0n) is 57.4. The van der Waals surface area contributed by atoms with Crippen LogP contribution in [-0.4, -0.2) is 47.4 Å². The van der Waals surface area contributed by atoms with Gasteiger partial charge in [-0.1, -0.05) is 398 Å². The molecule has 0 aromatic carbocycles. The Morgan fingerprint density at radius 1 is 0.321 bits per heavy atom. The van der Waals surface area contributed by atoms with Crippen molar-refractivity contribution in [3.63, 3.8) is 0 Å². The Balaban J connectivity index is 3.28. The summed E-state index contributed by atoms with van der Waals surface area (Å²) in [6, 6.07) is -0.536. The number of carbonyl (C=O) groups excluding carboxylic acids is 2. The SMILES string of the molecule is CCCCCCCCCCCCCCCCCCCC(=O)OCCCCCCCCCCCCCCCCCCCC/C=C\CCCCCCCCCCCCCCCCCCCC(=O)NC(CO)C(O)CCCCCCCCCCCCC. The largest absolute Gasteiger partial charge is 0.466 e. The van der Waals surface area contributed by atoms with Gasteiger partial charge in [0.25, 0.3) is 0 Å². The van der Waals surface area contributed by atoms with Gasteiger partial charge in [0, 0.05) is 12.8 Å².